The van der Waals surface area contributed by atoms with E-state index in [1.165, 1.54) is 7.11 Å². The molecule has 0 aliphatic rings. The molecule has 2 N–H and O–H groups in total. The van der Waals surface area contributed by atoms with Crippen LogP contribution in [0.2, 0.25) is 0 Å². The van der Waals surface area contributed by atoms with Crippen LogP contribution < -0.4 is 15.4 Å². The van der Waals surface area contributed by atoms with Gasteiger partial charge in [0.05, 0.1) is 19.3 Å². The molecule has 0 saturated heterocycles. The number of carbonyl (C=O) groups excluding carboxylic acids is 2. The van der Waals surface area contributed by atoms with Gasteiger partial charge >= 0.3 is 6.09 Å². The Hall–Kier alpha value is -2.08. The smallest absolute Gasteiger partial charge is 0.412 e. The number of ether oxygens (including phenoxy) is 2. The average molecular weight is 294 g/mol. The molecule has 0 radical (unpaired) electrons. The van der Waals surface area contributed by atoms with E-state index in [9.17, 15) is 9.59 Å². The van der Waals surface area contributed by atoms with Crippen molar-refractivity contribution in [1.82, 2.24) is 5.32 Å². The molecule has 0 fully saturated rings. The zero-order valence-corrected chi connectivity index (χ0v) is 13.1. The Balaban J connectivity index is 3.00. The Labute approximate surface area is 124 Å². The monoisotopic (exact) mass is 294 g/mol. The molecule has 1 rings (SSSR count). The van der Waals surface area contributed by atoms with Crippen molar-refractivity contribution in [1.29, 1.82) is 0 Å². The number of nitrogens with one attached hydrogen (secondary N) is 2. The topological polar surface area (TPSA) is 76.7 Å². The van der Waals surface area contributed by atoms with Crippen molar-refractivity contribution < 1.29 is 19.1 Å². The van der Waals surface area contributed by atoms with Crippen molar-refractivity contribution in [2.75, 3.05) is 26.0 Å². The molecule has 0 aromatic heterocycles. The highest BCUT2D eigenvalue weighted by molar-refractivity contribution is 6.05. The maximum absolute atomic E-state index is 12.1. The third kappa shape index (κ3) is 5.43. The van der Waals surface area contributed by atoms with Gasteiger partial charge in [0.25, 0.3) is 0 Å². The predicted octanol–water partition coefficient (Wildman–Crippen LogP) is 2.44. The molecule has 0 bridgehead atoms. The average Bonchev–Trinajstić information content (AvgIpc) is 2.37. The molecule has 0 heterocycles. The summed E-state index contributed by atoms with van der Waals surface area (Å²) >= 11 is 0. The first kappa shape index (κ1) is 17.0. The number of benzene rings is 1. The van der Waals surface area contributed by atoms with Crippen LogP contribution in [-0.2, 0) is 4.74 Å². The molecule has 1 aromatic rings. The van der Waals surface area contributed by atoms with Crippen molar-refractivity contribution in [2.45, 2.75) is 26.4 Å². The van der Waals surface area contributed by atoms with E-state index in [1.807, 2.05) is 0 Å². The maximum Gasteiger partial charge on any atom is 0.412 e. The van der Waals surface area contributed by atoms with Gasteiger partial charge in [0, 0.05) is 5.56 Å². The summed E-state index contributed by atoms with van der Waals surface area (Å²) in [5, 5.41) is 5.38. The Morgan fingerprint density at radius 2 is 1.90 bits per heavy atom. The molecule has 1 aromatic carbocycles. The zero-order chi connectivity index (χ0) is 16.0. The van der Waals surface area contributed by atoms with Crippen molar-refractivity contribution >= 4 is 17.6 Å². The summed E-state index contributed by atoms with van der Waals surface area (Å²) in [6, 6.07) is 4.88. The Kier molecular flexibility index (Phi) is 5.72. The van der Waals surface area contributed by atoms with Crippen LogP contribution in [0.15, 0.2) is 18.2 Å². The fourth-order valence-electron chi connectivity index (χ4n) is 1.66. The molecule has 6 heteroatoms. The van der Waals surface area contributed by atoms with E-state index in [0.717, 1.165) is 0 Å². The SMILES string of the molecule is CNCC(=O)c1cc(OC)ccc1NC(=O)OC(C)(C)C. The van der Waals surface area contributed by atoms with Crippen LogP contribution in [0, 0.1) is 0 Å². The summed E-state index contributed by atoms with van der Waals surface area (Å²) in [5.74, 6) is 0.395. The number of anilines is 1. The van der Waals surface area contributed by atoms with Gasteiger partial charge in [0.2, 0.25) is 0 Å². The van der Waals surface area contributed by atoms with Crippen molar-refractivity contribution in [3.8, 4) is 5.75 Å². The Bertz CT molecular complexity index is 521. The highest BCUT2D eigenvalue weighted by atomic mass is 16.6. The Morgan fingerprint density at radius 3 is 2.43 bits per heavy atom. The fourth-order valence-corrected chi connectivity index (χ4v) is 1.66. The van der Waals surface area contributed by atoms with Crippen molar-refractivity contribution in [3.05, 3.63) is 23.8 Å². The van der Waals surface area contributed by atoms with Crippen LogP contribution >= 0.6 is 0 Å². The van der Waals surface area contributed by atoms with Gasteiger partial charge < -0.3 is 14.8 Å². The lowest BCUT2D eigenvalue weighted by atomic mass is 10.1. The Morgan fingerprint density at radius 1 is 1.24 bits per heavy atom. The van der Waals surface area contributed by atoms with Crippen molar-refractivity contribution in [3.63, 3.8) is 0 Å². The van der Waals surface area contributed by atoms with Crippen LogP contribution in [0.25, 0.3) is 0 Å². The highest BCUT2D eigenvalue weighted by Crippen LogP contribution is 2.23. The number of rotatable bonds is 5. The molecule has 21 heavy (non-hydrogen) atoms. The number of hydrogen-bond acceptors (Lipinski definition) is 5. The van der Waals surface area contributed by atoms with Crippen LogP contribution in [0.4, 0.5) is 10.5 Å². The molecule has 0 aliphatic heterocycles. The fraction of sp³-hybridized carbons (Fsp3) is 0.467. The lowest BCUT2D eigenvalue weighted by molar-refractivity contribution is 0.0636. The van der Waals surface area contributed by atoms with E-state index >= 15 is 0 Å². The zero-order valence-electron chi connectivity index (χ0n) is 13.1. The standard InChI is InChI=1S/C15H22N2O4/c1-15(2,3)21-14(19)17-12-7-6-10(20-5)8-11(12)13(18)9-16-4/h6-8,16H,9H2,1-5H3,(H,17,19). The molecule has 6 nitrogen and oxygen atoms in total. The first-order valence-corrected chi connectivity index (χ1v) is 6.62. The number of carbonyl (C=O) groups is 2. The summed E-state index contributed by atoms with van der Waals surface area (Å²) in [6.45, 7) is 5.48. The van der Waals surface area contributed by atoms with Crippen molar-refractivity contribution in [2.24, 2.45) is 0 Å². The summed E-state index contributed by atoms with van der Waals surface area (Å²) in [4.78, 5) is 23.9. The molecule has 0 unspecified atom stereocenters. The van der Waals surface area contributed by atoms with E-state index in [-0.39, 0.29) is 12.3 Å². The van der Waals surface area contributed by atoms with E-state index in [0.29, 0.717) is 17.0 Å². The summed E-state index contributed by atoms with van der Waals surface area (Å²) in [7, 11) is 3.20. The second kappa shape index (κ2) is 7.08. The molecule has 116 valence electrons. The van der Waals surface area contributed by atoms with Gasteiger partial charge in [-0.2, -0.15) is 0 Å². The minimum atomic E-state index is -0.605. The quantitative estimate of drug-likeness (QED) is 0.816. The molecule has 0 spiro atoms. The first-order chi connectivity index (χ1) is 9.76. The van der Waals surface area contributed by atoms with Gasteiger partial charge in [0.1, 0.15) is 11.4 Å². The van der Waals surface area contributed by atoms with Crippen LogP contribution in [0.3, 0.4) is 0 Å². The minimum absolute atomic E-state index is 0.151. The number of ketones is 1. The van der Waals surface area contributed by atoms with Crippen LogP contribution in [0.1, 0.15) is 31.1 Å². The van der Waals surface area contributed by atoms with Gasteiger partial charge in [-0.1, -0.05) is 0 Å². The number of likely N-dealkylation sites (N-methyl/N-ethyl adjacent to an activating group) is 1. The normalized spacial score (nSPS) is 10.9. The summed E-state index contributed by atoms with van der Waals surface area (Å²) in [5.41, 5.74) is 0.158. The first-order valence-electron chi connectivity index (χ1n) is 6.62. The van der Waals surface area contributed by atoms with Crippen LogP contribution in [0.5, 0.6) is 5.75 Å². The third-order valence-electron chi connectivity index (χ3n) is 2.50. The highest BCUT2D eigenvalue weighted by Gasteiger charge is 2.19. The molecular weight excluding hydrogens is 272 g/mol. The van der Waals surface area contributed by atoms with Gasteiger partial charge in [-0.05, 0) is 46.0 Å². The number of hydrogen-bond donors (Lipinski definition) is 2. The molecule has 0 atom stereocenters. The third-order valence-corrected chi connectivity index (χ3v) is 2.50. The maximum atomic E-state index is 12.1. The summed E-state index contributed by atoms with van der Waals surface area (Å²) < 4.78 is 10.3. The molecule has 0 saturated carbocycles. The minimum Gasteiger partial charge on any atom is -0.497 e. The second-order valence-corrected chi connectivity index (χ2v) is 5.49. The van der Waals surface area contributed by atoms with Gasteiger partial charge in [-0.3, -0.25) is 10.1 Å². The van der Waals surface area contributed by atoms with E-state index in [2.05, 4.69) is 10.6 Å². The lowest BCUT2D eigenvalue weighted by Gasteiger charge is -2.20. The molecular formula is C15H22N2O4. The van der Waals surface area contributed by atoms with Gasteiger partial charge in [0.15, 0.2) is 5.78 Å². The number of amides is 1. The van der Waals surface area contributed by atoms with Gasteiger partial charge in [-0.15, -0.1) is 0 Å². The molecule has 1 amide bonds. The lowest BCUT2D eigenvalue weighted by Crippen LogP contribution is -2.28. The molecule has 0 aliphatic carbocycles. The number of methoxy groups -OCH3 is 1. The van der Waals surface area contributed by atoms with Gasteiger partial charge in [-0.25, -0.2) is 4.79 Å². The predicted molar refractivity (Wildman–Crippen MR) is 81.1 cm³/mol. The van der Waals surface area contributed by atoms with Crippen LogP contribution in [-0.4, -0.2) is 38.2 Å². The van der Waals surface area contributed by atoms with E-state index in [4.69, 9.17) is 9.47 Å². The summed E-state index contributed by atoms with van der Waals surface area (Å²) in [6.07, 6.45) is -0.605. The second-order valence-electron chi connectivity index (χ2n) is 5.49. The number of Topliss-reactive ketones (excluding diaryl/α,β-unsaturated/α-hetero) is 1. The van der Waals surface area contributed by atoms with E-state index in [1.54, 1.807) is 46.0 Å². The largest absolute Gasteiger partial charge is 0.497 e. The van der Waals surface area contributed by atoms with E-state index < -0.39 is 11.7 Å².